The number of aromatic nitrogens is 2. The number of nitrogens with one attached hydrogen (secondary N) is 1. The molecule has 30 heavy (non-hydrogen) atoms. The number of aryl methyl sites for hydroxylation is 1. The van der Waals surface area contributed by atoms with E-state index in [-0.39, 0.29) is 18.3 Å². The van der Waals surface area contributed by atoms with Crippen molar-refractivity contribution in [3.63, 3.8) is 0 Å². The zero-order valence-electron chi connectivity index (χ0n) is 17.5. The van der Waals surface area contributed by atoms with Crippen molar-refractivity contribution in [3.05, 3.63) is 71.1 Å². The average molecular weight is 404 g/mol. The number of benzene rings is 2. The quantitative estimate of drug-likeness (QED) is 0.646. The Labute approximate surface area is 175 Å². The van der Waals surface area contributed by atoms with Gasteiger partial charge in [-0.1, -0.05) is 67.5 Å². The molecule has 1 fully saturated rings. The van der Waals surface area contributed by atoms with Crippen LogP contribution in [0.5, 0.6) is 0 Å². The Morgan fingerprint density at radius 3 is 2.47 bits per heavy atom. The van der Waals surface area contributed by atoms with Crippen molar-refractivity contribution in [1.29, 1.82) is 0 Å². The van der Waals surface area contributed by atoms with Crippen molar-refractivity contribution in [2.24, 2.45) is 0 Å². The van der Waals surface area contributed by atoms with Gasteiger partial charge < -0.3 is 9.84 Å². The minimum atomic E-state index is -1.13. The lowest BCUT2D eigenvalue weighted by Crippen LogP contribution is -2.41. The number of carbonyl (C=O) groups excluding carboxylic acids is 2. The maximum atomic E-state index is 13.1. The normalized spacial score (nSPS) is 18.9. The molecule has 1 N–H and O–H groups in total. The van der Waals surface area contributed by atoms with Gasteiger partial charge in [0.25, 0.3) is 5.91 Å². The largest absolute Gasteiger partial charge is 0.337 e. The standard InChI is InChI=1S/C23H24N4O3/c1-14(2)16-9-11-17(12-10-16)20-24-19(30-26-20)13-27-21(28)23(4,25-22(27)29)18-8-6-5-7-15(18)3/h5-12,14H,13H2,1-4H3,(H,25,29). The van der Waals surface area contributed by atoms with Crippen LogP contribution >= 0.6 is 0 Å². The number of amides is 3. The summed E-state index contributed by atoms with van der Waals surface area (Å²) in [4.78, 5) is 31.2. The predicted octanol–water partition coefficient (Wildman–Crippen LogP) is 4.14. The highest BCUT2D eigenvalue weighted by molar-refractivity contribution is 6.07. The summed E-state index contributed by atoms with van der Waals surface area (Å²) >= 11 is 0. The van der Waals surface area contributed by atoms with Gasteiger partial charge in [-0.3, -0.25) is 9.69 Å². The van der Waals surface area contributed by atoms with Gasteiger partial charge in [0.05, 0.1) is 0 Å². The third-order valence-electron chi connectivity index (χ3n) is 5.56. The number of urea groups is 1. The van der Waals surface area contributed by atoms with Crippen LogP contribution < -0.4 is 5.32 Å². The summed E-state index contributed by atoms with van der Waals surface area (Å²) in [6.07, 6.45) is 0. The van der Waals surface area contributed by atoms with Crippen molar-refractivity contribution in [3.8, 4) is 11.4 Å². The summed E-state index contributed by atoms with van der Waals surface area (Å²) in [6, 6.07) is 15.0. The van der Waals surface area contributed by atoms with Crippen LogP contribution in [0.15, 0.2) is 53.1 Å². The minimum absolute atomic E-state index is 0.0801. The molecule has 0 spiro atoms. The molecule has 7 nitrogen and oxygen atoms in total. The van der Waals surface area contributed by atoms with Gasteiger partial charge in [-0.15, -0.1) is 0 Å². The van der Waals surface area contributed by atoms with Gasteiger partial charge in [-0.05, 0) is 36.5 Å². The van der Waals surface area contributed by atoms with Crippen LogP contribution in [0.3, 0.4) is 0 Å². The van der Waals surface area contributed by atoms with Gasteiger partial charge in [-0.25, -0.2) is 4.79 Å². The SMILES string of the molecule is Cc1ccccc1C1(C)NC(=O)N(Cc2nc(-c3ccc(C(C)C)cc3)no2)C1=O. The lowest BCUT2D eigenvalue weighted by atomic mass is 9.88. The zero-order valence-corrected chi connectivity index (χ0v) is 17.5. The van der Waals surface area contributed by atoms with Crippen molar-refractivity contribution < 1.29 is 14.1 Å². The number of hydrogen-bond acceptors (Lipinski definition) is 5. The van der Waals surface area contributed by atoms with Crippen LogP contribution in [0.4, 0.5) is 4.79 Å². The fourth-order valence-corrected chi connectivity index (χ4v) is 3.75. The van der Waals surface area contributed by atoms with Gasteiger partial charge in [0, 0.05) is 5.56 Å². The van der Waals surface area contributed by atoms with E-state index < -0.39 is 11.6 Å². The van der Waals surface area contributed by atoms with E-state index in [9.17, 15) is 9.59 Å². The van der Waals surface area contributed by atoms with E-state index in [2.05, 4.69) is 29.3 Å². The van der Waals surface area contributed by atoms with Gasteiger partial charge >= 0.3 is 6.03 Å². The summed E-state index contributed by atoms with van der Waals surface area (Å²) in [5.74, 6) is 0.717. The molecule has 3 aromatic rings. The van der Waals surface area contributed by atoms with Crippen LogP contribution in [0.2, 0.25) is 0 Å². The summed E-state index contributed by atoms with van der Waals surface area (Å²) in [7, 11) is 0. The Hall–Kier alpha value is -3.48. The first kappa shape index (κ1) is 19.8. The van der Waals surface area contributed by atoms with Crippen LogP contribution in [0.1, 0.15) is 49.3 Å². The van der Waals surface area contributed by atoms with Gasteiger partial charge in [0.15, 0.2) is 0 Å². The molecule has 4 rings (SSSR count). The van der Waals surface area contributed by atoms with Crippen molar-refractivity contribution in [2.75, 3.05) is 0 Å². The molecule has 1 aliphatic heterocycles. The molecule has 154 valence electrons. The summed E-state index contributed by atoms with van der Waals surface area (Å²) < 4.78 is 5.32. The van der Waals surface area contributed by atoms with E-state index in [1.807, 2.05) is 55.5 Å². The first-order valence-electron chi connectivity index (χ1n) is 9.92. The van der Waals surface area contributed by atoms with E-state index in [1.54, 1.807) is 6.92 Å². The smallest absolute Gasteiger partial charge is 0.325 e. The third kappa shape index (κ3) is 3.36. The molecule has 1 atom stereocenters. The molecule has 2 heterocycles. The summed E-state index contributed by atoms with van der Waals surface area (Å²) in [6.45, 7) is 7.81. The highest BCUT2D eigenvalue weighted by Crippen LogP contribution is 2.31. The van der Waals surface area contributed by atoms with Crippen molar-refractivity contribution in [1.82, 2.24) is 20.4 Å². The van der Waals surface area contributed by atoms with Crippen molar-refractivity contribution in [2.45, 2.75) is 45.7 Å². The van der Waals surface area contributed by atoms with E-state index in [4.69, 9.17) is 4.52 Å². The molecule has 2 aromatic carbocycles. The van der Waals surface area contributed by atoms with E-state index in [0.717, 1.165) is 21.6 Å². The number of rotatable bonds is 5. The molecule has 3 amide bonds. The first-order valence-corrected chi connectivity index (χ1v) is 9.92. The minimum Gasteiger partial charge on any atom is -0.337 e. The van der Waals surface area contributed by atoms with Gasteiger partial charge in [0.1, 0.15) is 12.1 Å². The lowest BCUT2D eigenvalue weighted by Gasteiger charge is -2.23. The topological polar surface area (TPSA) is 88.3 Å². The Bertz CT molecular complexity index is 1100. The number of imide groups is 1. The lowest BCUT2D eigenvalue weighted by molar-refractivity contribution is -0.131. The highest BCUT2D eigenvalue weighted by atomic mass is 16.5. The predicted molar refractivity (Wildman–Crippen MR) is 111 cm³/mol. The zero-order chi connectivity index (χ0) is 21.5. The number of carbonyl (C=O) groups is 2. The van der Waals surface area contributed by atoms with Crippen molar-refractivity contribution >= 4 is 11.9 Å². The maximum absolute atomic E-state index is 13.1. The van der Waals surface area contributed by atoms with Crippen LogP contribution in [0, 0.1) is 6.92 Å². The van der Waals surface area contributed by atoms with E-state index in [0.29, 0.717) is 11.7 Å². The molecule has 1 aromatic heterocycles. The van der Waals surface area contributed by atoms with E-state index >= 15 is 0 Å². The first-order chi connectivity index (χ1) is 14.3. The maximum Gasteiger partial charge on any atom is 0.325 e. The molecule has 0 radical (unpaired) electrons. The Morgan fingerprint density at radius 2 is 1.80 bits per heavy atom. The molecule has 0 saturated carbocycles. The fraction of sp³-hybridized carbons (Fsp3) is 0.304. The molecule has 1 unspecified atom stereocenters. The summed E-state index contributed by atoms with van der Waals surface area (Å²) in [5.41, 5.74) is 2.61. The Kier molecular flexibility index (Phi) is 4.89. The fourth-order valence-electron chi connectivity index (χ4n) is 3.75. The average Bonchev–Trinajstić information content (AvgIpc) is 3.28. The molecular formula is C23H24N4O3. The highest BCUT2D eigenvalue weighted by Gasteiger charge is 2.49. The van der Waals surface area contributed by atoms with Crippen LogP contribution in [0.25, 0.3) is 11.4 Å². The molecule has 1 saturated heterocycles. The second kappa shape index (κ2) is 7.40. The molecule has 0 bridgehead atoms. The van der Waals surface area contributed by atoms with Gasteiger partial charge in [-0.2, -0.15) is 4.98 Å². The second-order valence-electron chi connectivity index (χ2n) is 8.05. The summed E-state index contributed by atoms with van der Waals surface area (Å²) in [5, 5.41) is 6.82. The second-order valence-corrected chi connectivity index (χ2v) is 8.05. The van der Waals surface area contributed by atoms with Crippen LogP contribution in [-0.2, 0) is 16.9 Å². The Balaban J connectivity index is 1.55. The monoisotopic (exact) mass is 404 g/mol. The molecule has 1 aliphatic rings. The molecule has 0 aliphatic carbocycles. The Morgan fingerprint density at radius 1 is 1.10 bits per heavy atom. The number of nitrogens with zero attached hydrogens (tertiary/aromatic N) is 3. The number of hydrogen-bond donors (Lipinski definition) is 1. The van der Waals surface area contributed by atoms with E-state index in [1.165, 1.54) is 5.56 Å². The van der Waals surface area contributed by atoms with Crippen LogP contribution in [-0.4, -0.2) is 27.0 Å². The third-order valence-corrected chi connectivity index (χ3v) is 5.56. The molecular weight excluding hydrogens is 380 g/mol. The van der Waals surface area contributed by atoms with Gasteiger partial charge in [0.2, 0.25) is 11.7 Å². The molecule has 7 heteroatoms.